The van der Waals surface area contributed by atoms with Gasteiger partial charge in [-0.05, 0) is 6.92 Å². The minimum Gasteiger partial charge on any atom is -0.478 e. The minimum absolute atomic E-state index is 0.0225. The van der Waals surface area contributed by atoms with E-state index >= 15 is 0 Å². The second kappa shape index (κ2) is 6.69. The van der Waals surface area contributed by atoms with Crippen LogP contribution in [-0.4, -0.2) is 36.7 Å². The zero-order valence-corrected chi connectivity index (χ0v) is 14.9. The normalized spacial score (nSPS) is 11.0. The molecule has 3 aromatic rings. The summed E-state index contributed by atoms with van der Waals surface area (Å²) in [5, 5.41) is 21.9. The van der Waals surface area contributed by atoms with Crippen LogP contribution in [0, 0.1) is 6.92 Å². The van der Waals surface area contributed by atoms with E-state index in [1.807, 2.05) is 6.92 Å². The van der Waals surface area contributed by atoms with Crippen LogP contribution in [0.4, 0.5) is 5.13 Å². The SMILES string of the molecule is CCc1nc2scc(C(=O)O)c2c(=O)n1CC(=O)Nc1nnc(C)s1. The van der Waals surface area contributed by atoms with Crippen molar-refractivity contribution in [3.8, 4) is 0 Å². The van der Waals surface area contributed by atoms with E-state index in [9.17, 15) is 19.5 Å². The summed E-state index contributed by atoms with van der Waals surface area (Å²) in [6.45, 7) is 3.29. The van der Waals surface area contributed by atoms with Crippen molar-refractivity contribution in [2.45, 2.75) is 26.8 Å². The van der Waals surface area contributed by atoms with Crippen LogP contribution in [0.1, 0.15) is 28.1 Å². The molecular weight excluding hydrogens is 366 g/mol. The van der Waals surface area contributed by atoms with Gasteiger partial charge in [0.2, 0.25) is 11.0 Å². The Morgan fingerprint density at radius 2 is 2.12 bits per heavy atom. The van der Waals surface area contributed by atoms with Crippen molar-refractivity contribution in [2.24, 2.45) is 0 Å². The van der Waals surface area contributed by atoms with Crippen molar-refractivity contribution in [2.75, 3.05) is 5.32 Å². The second-order valence-electron chi connectivity index (χ2n) is 5.08. The molecule has 11 heteroatoms. The standard InChI is InChI=1S/C14H13N5O4S2/c1-3-8-15-11-10(7(5-24-11)13(22)23)12(21)19(8)4-9(20)16-14-18-17-6(2)25-14/h5H,3-4H2,1-2H3,(H,22,23)(H,16,18,20). The van der Waals surface area contributed by atoms with Crippen molar-refractivity contribution in [1.82, 2.24) is 19.7 Å². The van der Waals surface area contributed by atoms with Crippen LogP contribution in [-0.2, 0) is 17.8 Å². The Hall–Kier alpha value is -2.66. The van der Waals surface area contributed by atoms with Gasteiger partial charge in [0.1, 0.15) is 22.2 Å². The highest BCUT2D eigenvalue weighted by Crippen LogP contribution is 2.22. The van der Waals surface area contributed by atoms with Crippen LogP contribution in [0.15, 0.2) is 10.2 Å². The van der Waals surface area contributed by atoms with Gasteiger partial charge in [0, 0.05) is 11.8 Å². The molecule has 0 spiro atoms. The number of rotatable bonds is 5. The van der Waals surface area contributed by atoms with Gasteiger partial charge in [-0.15, -0.1) is 21.5 Å². The van der Waals surface area contributed by atoms with E-state index in [1.165, 1.54) is 21.3 Å². The fourth-order valence-corrected chi connectivity index (χ4v) is 3.84. The Kier molecular flexibility index (Phi) is 4.59. The maximum absolute atomic E-state index is 12.7. The maximum atomic E-state index is 12.7. The fraction of sp³-hybridized carbons (Fsp3) is 0.286. The van der Waals surface area contributed by atoms with Crippen LogP contribution < -0.4 is 10.9 Å². The van der Waals surface area contributed by atoms with Crippen LogP contribution in [0.5, 0.6) is 0 Å². The molecule has 0 aliphatic heterocycles. The van der Waals surface area contributed by atoms with E-state index in [4.69, 9.17) is 0 Å². The molecular formula is C14H13N5O4S2. The predicted molar refractivity (Wildman–Crippen MR) is 93.5 cm³/mol. The third-order valence-corrected chi connectivity index (χ3v) is 5.02. The summed E-state index contributed by atoms with van der Waals surface area (Å²) in [7, 11) is 0. The number of carbonyl (C=O) groups is 2. The number of hydrogen-bond donors (Lipinski definition) is 2. The summed E-state index contributed by atoms with van der Waals surface area (Å²) in [5.74, 6) is -1.24. The number of thiophene rings is 1. The van der Waals surface area contributed by atoms with E-state index in [-0.39, 0.29) is 17.5 Å². The Balaban J connectivity index is 2.00. The van der Waals surface area contributed by atoms with Gasteiger partial charge in [0.15, 0.2) is 0 Å². The summed E-state index contributed by atoms with van der Waals surface area (Å²) in [5.41, 5.74) is -0.641. The molecule has 3 aromatic heterocycles. The van der Waals surface area contributed by atoms with Gasteiger partial charge in [-0.2, -0.15) is 0 Å². The van der Waals surface area contributed by atoms with Gasteiger partial charge >= 0.3 is 5.97 Å². The van der Waals surface area contributed by atoms with Crippen LogP contribution in [0.2, 0.25) is 0 Å². The third kappa shape index (κ3) is 3.28. The Morgan fingerprint density at radius 3 is 2.72 bits per heavy atom. The lowest BCUT2D eigenvalue weighted by Gasteiger charge is -2.10. The van der Waals surface area contributed by atoms with Crippen molar-refractivity contribution >= 4 is 49.9 Å². The summed E-state index contributed by atoms with van der Waals surface area (Å²) in [6.07, 6.45) is 0.427. The average molecular weight is 379 g/mol. The molecule has 0 saturated heterocycles. The summed E-state index contributed by atoms with van der Waals surface area (Å²) in [6, 6.07) is 0. The largest absolute Gasteiger partial charge is 0.478 e. The lowest BCUT2D eigenvalue weighted by molar-refractivity contribution is -0.116. The third-order valence-electron chi connectivity index (χ3n) is 3.39. The molecule has 0 unspecified atom stereocenters. The van der Waals surface area contributed by atoms with Gasteiger partial charge in [0.25, 0.3) is 5.56 Å². The number of nitrogens with zero attached hydrogens (tertiary/aromatic N) is 4. The summed E-state index contributed by atoms with van der Waals surface area (Å²) < 4.78 is 1.20. The molecule has 0 aliphatic carbocycles. The molecule has 2 N–H and O–H groups in total. The number of hydrogen-bond acceptors (Lipinski definition) is 8. The second-order valence-corrected chi connectivity index (χ2v) is 7.12. The number of carboxylic acid groups (broad SMARTS) is 1. The number of carboxylic acids is 1. The molecule has 9 nitrogen and oxygen atoms in total. The van der Waals surface area contributed by atoms with E-state index in [0.29, 0.717) is 27.2 Å². The molecule has 0 bridgehead atoms. The highest BCUT2D eigenvalue weighted by Gasteiger charge is 2.20. The molecule has 0 radical (unpaired) electrons. The smallest absolute Gasteiger partial charge is 0.337 e. The highest BCUT2D eigenvalue weighted by atomic mass is 32.1. The number of amides is 1. The van der Waals surface area contributed by atoms with Crippen molar-refractivity contribution < 1.29 is 14.7 Å². The van der Waals surface area contributed by atoms with Gasteiger partial charge < -0.3 is 5.11 Å². The van der Waals surface area contributed by atoms with Crippen molar-refractivity contribution in [3.63, 3.8) is 0 Å². The molecule has 3 heterocycles. The molecule has 0 atom stereocenters. The number of fused-ring (bicyclic) bond motifs is 1. The summed E-state index contributed by atoms with van der Waals surface area (Å²) in [4.78, 5) is 41.0. The quantitative estimate of drug-likeness (QED) is 0.688. The van der Waals surface area contributed by atoms with Gasteiger partial charge in [0.05, 0.1) is 10.9 Å². The van der Waals surface area contributed by atoms with E-state index < -0.39 is 17.4 Å². The number of aromatic nitrogens is 4. The number of nitrogens with one attached hydrogen (secondary N) is 1. The highest BCUT2D eigenvalue weighted by molar-refractivity contribution is 7.17. The average Bonchev–Trinajstić information content (AvgIpc) is 3.16. The topological polar surface area (TPSA) is 127 Å². The molecule has 0 fully saturated rings. The zero-order chi connectivity index (χ0) is 18.1. The molecule has 3 rings (SSSR count). The van der Waals surface area contributed by atoms with E-state index in [2.05, 4.69) is 20.5 Å². The van der Waals surface area contributed by atoms with Crippen LogP contribution >= 0.6 is 22.7 Å². The molecule has 130 valence electrons. The molecule has 1 amide bonds. The zero-order valence-electron chi connectivity index (χ0n) is 13.3. The van der Waals surface area contributed by atoms with Gasteiger partial charge in [-0.1, -0.05) is 18.3 Å². The molecule has 0 aliphatic rings. The van der Waals surface area contributed by atoms with Crippen LogP contribution in [0.25, 0.3) is 10.2 Å². The number of aromatic carboxylic acids is 1. The monoisotopic (exact) mass is 379 g/mol. The van der Waals surface area contributed by atoms with E-state index in [0.717, 1.165) is 11.3 Å². The van der Waals surface area contributed by atoms with Gasteiger partial charge in [-0.25, -0.2) is 9.78 Å². The molecule has 0 aromatic carbocycles. The first-order chi connectivity index (χ1) is 11.9. The molecule has 25 heavy (non-hydrogen) atoms. The predicted octanol–water partition coefficient (Wildman–Crippen LogP) is 1.52. The first-order valence-electron chi connectivity index (χ1n) is 7.24. The first-order valence-corrected chi connectivity index (χ1v) is 8.94. The molecule has 0 saturated carbocycles. The summed E-state index contributed by atoms with van der Waals surface area (Å²) >= 11 is 2.31. The number of aryl methyl sites for hydroxylation is 2. The Morgan fingerprint density at radius 1 is 1.36 bits per heavy atom. The lowest BCUT2D eigenvalue weighted by Crippen LogP contribution is -2.31. The van der Waals surface area contributed by atoms with Gasteiger partial charge in [-0.3, -0.25) is 19.5 Å². The van der Waals surface area contributed by atoms with Crippen molar-refractivity contribution in [1.29, 1.82) is 0 Å². The minimum atomic E-state index is -1.20. The Bertz CT molecular complexity index is 1040. The van der Waals surface area contributed by atoms with Crippen LogP contribution in [0.3, 0.4) is 0 Å². The maximum Gasteiger partial charge on any atom is 0.337 e. The number of carbonyl (C=O) groups excluding carboxylic acids is 1. The lowest BCUT2D eigenvalue weighted by atomic mass is 10.2. The first kappa shape index (κ1) is 17.2. The Labute approximate surface area is 149 Å². The van der Waals surface area contributed by atoms with Crippen molar-refractivity contribution in [3.05, 3.63) is 32.1 Å². The number of anilines is 1. The van der Waals surface area contributed by atoms with E-state index in [1.54, 1.807) is 6.92 Å². The fourth-order valence-electron chi connectivity index (χ4n) is 2.31.